The van der Waals surface area contributed by atoms with E-state index in [-0.39, 0.29) is 5.91 Å². The molecule has 0 radical (unpaired) electrons. The molecule has 3 aromatic rings. The molecule has 1 aromatic carbocycles. The van der Waals surface area contributed by atoms with Crippen molar-refractivity contribution in [1.82, 2.24) is 19.7 Å². The summed E-state index contributed by atoms with van der Waals surface area (Å²) < 4.78 is 7.03. The number of nitrogens with zero attached hydrogens (tertiary/aromatic N) is 5. The van der Waals surface area contributed by atoms with Crippen molar-refractivity contribution < 1.29 is 14.3 Å². The number of hydrogen-bond acceptors (Lipinski definition) is 6. The van der Waals surface area contributed by atoms with Crippen molar-refractivity contribution >= 4 is 28.6 Å². The van der Waals surface area contributed by atoms with Crippen molar-refractivity contribution in [2.75, 3.05) is 37.7 Å². The van der Waals surface area contributed by atoms with Crippen molar-refractivity contribution in [2.24, 2.45) is 7.05 Å². The molecule has 1 saturated heterocycles. The fourth-order valence-electron chi connectivity index (χ4n) is 4.19. The van der Waals surface area contributed by atoms with Gasteiger partial charge in [0.1, 0.15) is 5.56 Å². The minimum Gasteiger partial charge on any atom is -0.462 e. The van der Waals surface area contributed by atoms with Crippen LogP contribution in [0.5, 0.6) is 0 Å². The Hall–Kier alpha value is -3.42. The van der Waals surface area contributed by atoms with Gasteiger partial charge in [0, 0.05) is 45.0 Å². The zero-order valence-electron chi connectivity index (χ0n) is 18.2. The Kier molecular flexibility index (Phi) is 5.88. The lowest BCUT2D eigenvalue weighted by Gasteiger charge is -2.26. The first-order chi connectivity index (χ1) is 15.0. The normalized spacial score (nSPS) is 14.5. The van der Waals surface area contributed by atoms with Crippen LogP contribution in [0.1, 0.15) is 39.8 Å². The molecular weight excluding hydrogens is 394 g/mol. The second-order valence-electron chi connectivity index (χ2n) is 7.65. The molecule has 1 amide bonds. The maximum Gasteiger partial charge on any atom is 0.341 e. The Bertz CT molecular complexity index is 1110. The van der Waals surface area contributed by atoms with E-state index >= 15 is 0 Å². The van der Waals surface area contributed by atoms with Crippen LogP contribution >= 0.6 is 0 Å². The molecule has 1 fully saturated rings. The average molecular weight is 422 g/mol. The van der Waals surface area contributed by atoms with Crippen LogP contribution in [0, 0.1) is 6.92 Å². The van der Waals surface area contributed by atoms with Gasteiger partial charge in [-0.25, -0.2) is 9.78 Å². The fraction of sp³-hybridized carbons (Fsp3) is 0.391. The third kappa shape index (κ3) is 3.97. The predicted octanol–water partition coefficient (Wildman–Crippen LogP) is 2.81. The van der Waals surface area contributed by atoms with Crippen LogP contribution in [0.4, 0.5) is 5.69 Å². The van der Waals surface area contributed by atoms with Gasteiger partial charge >= 0.3 is 5.97 Å². The Morgan fingerprint density at radius 1 is 1.10 bits per heavy atom. The number of fused-ring (bicyclic) bond motifs is 1. The number of rotatable bonds is 4. The molecule has 162 valence electrons. The Morgan fingerprint density at radius 3 is 2.61 bits per heavy atom. The van der Waals surface area contributed by atoms with Crippen LogP contribution in [0.25, 0.3) is 11.0 Å². The fourth-order valence-corrected chi connectivity index (χ4v) is 4.19. The number of ether oxygens (including phenoxy) is 1. The quantitative estimate of drug-likeness (QED) is 0.603. The molecule has 4 rings (SSSR count). The number of aryl methyl sites for hydroxylation is 2. The first-order valence-corrected chi connectivity index (χ1v) is 10.6. The summed E-state index contributed by atoms with van der Waals surface area (Å²) in [4.78, 5) is 34.2. The molecule has 2 aromatic heterocycles. The van der Waals surface area contributed by atoms with E-state index in [4.69, 9.17) is 4.74 Å². The molecule has 3 heterocycles. The van der Waals surface area contributed by atoms with E-state index in [0.29, 0.717) is 37.4 Å². The number of pyridine rings is 1. The summed E-state index contributed by atoms with van der Waals surface area (Å²) in [5.74, 6) is -0.359. The van der Waals surface area contributed by atoms with Gasteiger partial charge in [-0.15, -0.1) is 0 Å². The van der Waals surface area contributed by atoms with E-state index in [2.05, 4.69) is 15.0 Å². The highest BCUT2D eigenvalue weighted by Crippen LogP contribution is 2.33. The SMILES string of the molecule is CCOC(=O)c1cnc2c(c(C)nn2C)c1N1CCCN(C(=O)c2ccccc2)CC1. The third-order valence-electron chi connectivity index (χ3n) is 5.62. The van der Waals surface area contributed by atoms with Gasteiger partial charge in [-0.05, 0) is 32.4 Å². The lowest BCUT2D eigenvalue weighted by molar-refractivity contribution is 0.0526. The van der Waals surface area contributed by atoms with Crippen molar-refractivity contribution in [3.63, 3.8) is 0 Å². The number of benzene rings is 1. The van der Waals surface area contributed by atoms with Crippen molar-refractivity contribution in [3.05, 3.63) is 53.3 Å². The molecule has 8 nitrogen and oxygen atoms in total. The van der Waals surface area contributed by atoms with Crippen LogP contribution < -0.4 is 4.90 Å². The van der Waals surface area contributed by atoms with Gasteiger partial charge in [-0.2, -0.15) is 5.10 Å². The third-order valence-corrected chi connectivity index (χ3v) is 5.62. The Balaban J connectivity index is 1.68. The van der Waals surface area contributed by atoms with Crippen LogP contribution in [0.2, 0.25) is 0 Å². The van der Waals surface area contributed by atoms with Crippen LogP contribution in [-0.2, 0) is 11.8 Å². The van der Waals surface area contributed by atoms with E-state index in [1.165, 1.54) is 0 Å². The van der Waals surface area contributed by atoms with E-state index in [9.17, 15) is 9.59 Å². The smallest absolute Gasteiger partial charge is 0.341 e. The number of carbonyl (C=O) groups is 2. The maximum atomic E-state index is 12.9. The summed E-state index contributed by atoms with van der Waals surface area (Å²) >= 11 is 0. The molecule has 0 N–H and O–H groups in total. The molecule has 0 saturated carbocycles. The van der Waals surface area contributed by atoms with Gasteiger partial charge in [0.15, 0.2) is 5.65 Å². The van der Waals surface area contributed by atoms with Crippen molar-refractivity contribution in [1.29, 1.82) is 0 Å². The van der Waals surface area contributed by atoms with Gasteiger partial charge in [-0.3, -0.25) is 9.48 Å². The molecule has 31 heavy (non-hydrogen) atoms. The highest BCUT2D eigenvalue weighted by molar-refractivity contribution is 6.05. The van der Waals surface area contributed by atoms with Gasteiger partial charge in [-0.1, -0.05) is 18.2 Å². The van der Waals surface area contributed by atoms with E-state index < -0.39 is 5.97 Å². The summed E-state index contributed by atoms with van der Waals surface area (Å²) in [6, 6.07) is 9.34. The highest BCUT2D eigenvalue weighted by Gasteiger charge is 2.27. The first kappa shape index (κ1) is 20.8. The number of esters is 1. The van der Waals surface area contributed by atoms with Gasteiger partial charge in [0.2, 0.25) is 0 Å². The Morgan fingerprint density at radius 2 is 1.87 bits per heavy atom. The summed E-state index contributed by atoms with van der Waals surface area (Å²) in [5.41, 5.74) is 3.46. The topological polar surface area (TPSA) is 80.6 Å². The molecule has 8 heteroatoms. The van der Waals surface area contributed by atoms with Crippen LogP contribution in [0.15, 0.2) is 36.5 Å². The van der Waals surface area contributed by atoms with Crippen LogP contribution in [-0.4, -0.2) is 64.3 Å². The maximum absolute atomic E-state index is 12.9. The zero-order valence-corrected chi connectivity index (χ0v) is 18.2. The number of hydrogen-bond donors (Lipinski definition) is 0. The Labute approximate surface area is 181 Å². The minimum atomic E-state index is -0.392. The number of anilines is 1. The monoisotopic (exact) mass is 421 g/mol. The van der Waals surface area contributed by atoms with E-state index in [1.54, 1.807) is 17.8 Å². The van der Waals surface area contributed by atoms with E-state index in [1.807, 2.05) is 49.2 Å². The lowest BCUT2D eigenvalue weighted by Crippen LogP contribution is -2.35. The summed E-state index contributed by atoms with van der Waals surface area (Å²) in [5, 5.41) is 5.37. The minimum absolute atomic E-state index is 0.0329. The standard InChI is InChI=1S/C23H27N5O3/c1-4-31-23(30)18-15-24-21-19(16(2)25-26(21)3)20(18)27-11-8-12-28(14-13-27)22(29)17-9-6-5-7-10-17/h5-7,9-10,15H,4,8,11-14H2,1-3H3. The first-order valence-electron chi connectivity index (χ1n) is 10.6. The van der Waals surface area contributed by atoms with Crippen LogP contribution in [0.3, 0.4) is 0 Å². The van der Waals surface area contributed by atoms with Gasteiger partial charge in [0.25, 0.3) is 5.91 Å². The largest absolute Gasteiger partial charge is 0.462 e. The molecule has 0 unspecified atom stereocenters. The van der Waals surface area contributed by atoms with Gasteiger partial charge in [0.05, 0.1) is 23.4 Å². The second kappa shape index (κ2) is 8.75. The highest BCUT2D eigenvalue weighted by atomic mass is 16.5. The van der Waals surface area contributed by atoms with Crippen molar-refractivity contribution in [2.45, 2.75) is 20.3 Å². The number of amides is 1. The molecule has 0 aliphatic carbocycles. The molecule has 0 bridgehead atoms. The summed E-state index contributed by atoms with van der Waals surface area (Å²) in [6.45, 7) is 6.57. The zero-order chi connectivity index (χ0) is 22.0. The summed E-state index contributed by atoms with van der Waals surface area (Å²) in [6.07, 6.45) is 2.37. The predicted molar refractivity (Wildman–Crippen MR) is 118 cm³/mol. The van der Waals surface area contributed by atoms with Crippen molar-refractivity contribution in [3.8, 4) is 0 Å². The molecule has 0 atom stereocenters. The van der Waals surface area contributed by atoms with Gasteiger partial charge < -0.3 is 14.5 Å². The molecule has 0 spiro atoms. The second-order valence-corrected chi connectivity index (χ2v) is 7.65. The molecular formula is C23H27N5O3. The van der Waals surface area contributed by atoms with E-state index in [0.717, 1.165) is 35.4 Å². The summed E-state index contributed by atoms with van der Waals surface area (Å²) in [7, 11) is 1.85. The molecule has 1 aliphatic rings. The molecule has 1 aliphatic heterocycles. The number of carbonyl (C=O) groups excluding carboxylic acids is 2. The lowest BCUT2D eigenvalue weighted by atomic mass is 10.1. The average Bonchev–Trinajstić information content (AvgIpc) is 2.95. The number of aromatic nitrogens is 3.